The highest BCUT2D eigenvalue weighted by molar-refractivity contribution is 9.10. The summed E-state index contributed by atoms with van der Waals surface area (Å²) in [4.78, 5) is 10.9. The van der Waals surface area contributed by atoms with Crippen molar-refractivity contribution in [2.45, 2.75) is 5.92 Å². The number of nitrogens with zero attached hydrogens (tertiary/aromatic N) is 2. The molecule has 2 atom stereocenters. The van der Waals surface area contributed by atoms with Crippen molar-refractivity contribution in [3.8, 4) is 12.1 Å². The molecule has 0 saturated heterocycles. The van der Waals surface area contributed by atoms with E-state index in [0.29, 0.717) is 6.29 Å². The first-order valence-corrected chi connectivity index (χ1v) is 5.52. The summed E-state index contributed by atoms with van der Waals surface area (Å²) < 4.78 is 0.881. The standard InChI is InChI=1S/C12H7BrN2O/c13-9-3-1-2-8(4-9)11-10(5-16)12(11,6-14)7-15/h1-5,10-11H. The lowest BCUT2D eigenvalue weighted by Crippen LogP contribution is -1.97. The highest BCUT2D eigenvalue weighted by atomic mass is 79.9. The molecular weight excluding hydrogens is 268 g/mol. The second kappa shape index (κ2) is 3.73. The summed E-state index contributed by atoms with van der Waals surface area (Å²) in [5.41, 5.74) is -0.308. The fourth-order valence-corrected chi connectivity index (χ4v) is 2.50. The van der Waals surface area contributed by atoms with Crippen molar-refractivity contribution in [3.05, 3.63) is 34.3 Å². The van der Waals surface area contributed by atoms with Crippen molar-refractivity contribution in [2.75, 3.05) is 0 Å². The minimum Gasteiger partial charge on any atom is -0.303 e. The molecule has 0 spiro atoms. The van der Waals surface area contributed by atoms with Crippen molar-refractivity contribution in [1.29, 1.82) is 10.5 Å². The molecule has 0 radical (unpaired) electrons. The van der Waals surface area contributed by atoms with E-state index in [1.807, 2.05) is 36.4 Å². The number of carbonyl (C=O) groups excluding carboxylic acids is 1. The normalized spacial score (nSPS) is 25.2. The zero-order valence-electron chi connectivity index (χ0n) is 8.22. The van der Waals surface area contributed by atoms with Crippen molar-refractivity contribution >= 4 is 22.2 Å². The fourth-order valence-electron chi connectivity index (χ4n) is 2.08. The average Bonchev–Trinajstić information content (AvgIpc) is 2.97. The summed E-state index contributed by atoms with van der Waals surface area (Å²) in [5.74, 6) is -0.797. The van der Waals surface area contributed by atoms with Crippen LogP contribution in [0.1, 0.15) is 11.5 Å². The molecule has 1 saturated carbocycles. The van der Waals surface area contributed by atoms with Gasteiger partial charge in [0.1, 0.15) is 6.29 Å². The average molecular weight is 275 g/mol. The highest BCUT2D eigenvalue weighted by Crippen LogP contribution is 2.63. The highest BCUT2D eigenvalue weighted by Gasteiger charge is 2.67. The minimum absolute atomic E-state index is 0.294. The van der Waals surface area contributed by atoms with E-state index in [-0.39, 0.29) is 5.92 Å². The number of halogens is 1. The molecule has 4 heteroatoms. The summed E-state index contributed by atoms with van der Waals surface area (Å²) in [5, 5.41) is 18.0. The second-order valence-corrected chi connectivity index (χ2v) is 4.70. The molecular formula is C12H7BrN2O. The first-order valence-electron chi connectivity index (χ1n) is 4.73. The van der Waals surface area contributed by atoms with Gasteiger partial charge in [-0.15, -0.1) is 0 Å². The SMILES string of the molecule is N#CC1(C#N)C(C=O)C1c1cccc(Br)c1. The molecule has 1 aromatic rings. The summed E-state index contributed by atoms with van der Waals surface area (Å²) in [6.07, 6.45) is 0.706. The Bertz CT molecular complexity index is 513. The third-order valence-corrected chi connectivity index (χ3v) is 3.48. The first kappa shape index (κ1) is 10.9. The van der Waals surface area contributed by atoms with Gasteiger partial charge in [-0.2, -0.15) is 10.5 Å². The second-order valence-electron chi connectivity index (χ2n) is 3.79. The van der Waals surface area contributed by atoms with E-state index in [9.17, 15) is 4.79 Å². The van der Waals surface area contributed by atoms with Crippen LogP contribution in [-0.4, -0.2) is 6.29 Å². The van der Waals surface area contributed by atoms with Crippen LogP contribution in [0.15, 0.2) is 28.7 Å². The van der Waals surface area contributed by atoms with Gasteiger partial charge in [0.05, 0.1) is 18.1 Å². The Morgan fingerprint density at radius 1 is 1.38 bits per heavy atom. The third-order valence-electron chi connectivity index (χ3n) is 2.99. The Labute approximate surface area is 101 Å². The monoisotopic (exact) mass is 274 g/mol. The predicted octanol–water partition coefficient (Wildman–Crippen LogP) is 2.39. The maximum absolute atomic E-state index is 10.9. The third kappa shape index (κ3) is 1.35. The summed E-state index contributed by atoms with van der Waals surface area (Å²) in [6, 6.07) is 11.3. The Morgan fingerprint density at radius 3 is 2.50 bits per heavy atom. The number of aldehydes is 1. The maximum Gasteiger partial charge on any atom is 0.161 e. The van der Waals surface area contributed by atoms with Gasteiger partial charge in [0, 0.05) is 10.4 Å². The molecule has 2 rings (SSSR count). The Balaban J connectivity index is 2.42. The van der Waals surface area contributed by atoms with Crippen LogP contribution in [0.3, 0.4) is 0 Å². The largest absolute Gasteiger partial charge is 0.303 e. The molecule has 1 aliphatic carbocycles. The Kier molecular flexibility index (Phi) is 2.53. The summed E-state index contributed by atoms with van der Waals surface area (Å²) >= 11 is 3.33. The van der Waals surface area contributed by atoms with Crippen molar-refractivity contribution in [2.24, 2.45) is 11.3 Å². The van der Waals surface area contributed by atoms with Gasteiger partial charge < -0.3 is 4.79 Å². The van der Waals surface area contributed by atoms with Gasteiger partial charge in [-0.1, -0.05) is 28.1 Å². The van der Waals surface area contributed by atoms with E-state index in [2.05, 4.69) is 15.9 Å². The van der Waals surface area contributed by atoms with E-state index in [0.717, 1.165) is 10.0 Å². The number of benzene rings is 1. The van der Waals surface area contributed by atoms with Crippen LogP contribution in [0.2, 0.25) is 0 Å². The van der Waals surface area contributed by atoms with Gasteiger partial charge in [0.25, 0.3) is 0 Å². The predicted molar refractivity (Wildman–Crippen MR) is 60.1 cm³/mol. The van der Waals surface area contributed by atoms with Crippen LogP contribution >= 0.6 is 15.9 Å². The number of hydrogen-bond donors (Lipinski definition) is 0. The van der Waals surface area contributed by atoms with Crippen LogP contribution in [0, 0.1) is 34.0 Å². The molecule has 0 bridgehead atoms. The van der Waals surface area contributed by atoms with E-state index in [4.69, 9.17) is 10.5 Å². The van der Waals surface area contributed by atoms with E-state index in [1.54, 1.807) is 0 Å². The molecule has 2 unspecified atom stereocenters. The molecule has 78 valence electrons. The molecule has 16 heavy (non-hydrogen) atoms. The van der Waals surface area contributed by atoms with Crippen LogP contribution in [0.4, 0.5) is 0 Å². The van der Waals surface area contributed by atoms with E-state index >= 15 is 0 Å². The van der Waals surface area contributed by atoms with Gasteiger partial charge in [-0.05, 0) is 17.7 Å². The summed E-state index contributed by atoms with van der Waals surface area (Å²) in [6.45, 7) is 0. The first-order chi connectivity index (χ1) is 7.69. The van der Waals surface area contributed by atoms with Crippen LogP contribution in [-0.2, 0) is 4.79 Å². The van der Waals surface area contributed by atoms with Crippen LogP contribution in [0.25, 0.3) is 0 Å². The zero-order valence-corrected chi connectivity index (χ0v) is 9.81. The lowest BCUT2D eigenvalue weighted by molar-refractivity contribution is -0.109. The summed E-state index contributed by atoms with van der Waals surface area (Å²) in [7, 11) is 0. The Hall–Kier alpha value is -1.65. The number of rotatable bonds is 2. The molecule has 0 heterocycles. The molecule has 1 aliphatic rings. The van der Waals surface area contributed by atoms with Gasteiger partial charge in [0.15, 0.2) is 5.41 Å². The number of carbonyl (C=O) groups is 1. The number of nitriles is 2. The molecule has 0 aromatic heterocycles. The fraction of sp³-hybridized carbons (Fsp3) is 0.250. The maximum atomic E-state index is 10.9. The molecule has 1 fully saturated rings. The zero-order chi connectivity index (χ0) is 11.8. The molecule has 0 aliphatic heterocycles. The smallest absolute Gasteiger partial charge is 0.161 e. The Morgan fingerprint density at radius 2 is 2.06 bits per heavy atom. The molecule has 3 nitrogen and oxygen atoms in total. The van der Waals surface area contributed by atoms with Crippen molar-refractivity contribution in [1.82, 2.24) is 0 Å². The van der Waals surface area contributed by atoms with Crippen LogP contribution in [0.5, 0.6) is 0 Å². The van der Waals surface area contributed by atoms with Gasteiger partial charge >= 0.3 is 0 Å². The van der Waals surface area contributed by atoms with Gasteiger partial charge in [-0.3, -0.25) is 0 Å². The lowest BCUT2D eigenvalue weighted by atomic mass is 10.0. The van der Waals surface area contributed by atoms with Crippen LogP contribution < -0.4 is 0 Å². The topological polar surface area (TPSA) is 64.7 Å². The van der Waals surface area contributed by atoms with E-state index < -0.39 is 11.3 Å². The lowest BCUT2D eigenvalue weighted by Gasteiger charge is -1.99. The number of hydrogen-bond acceptors (Lipinski definition) is 3. The van der Waals surface area contributed by atoms with Crippen molar-refractivity contribution in [3.63, 3.8) is 0 Å². The quantitative estimate of drug-likeness (QED) is 0.778. The van der Waals surface area contributed by atoms with Gasteiger partial charge in [0.2, 0.25) is 0 Å². The minimum atomic E-state index is -1.16. The van der Waals surface area contributed by atoms with Gasteiger partial charge in [-0.25, -0.2) is 0 Å². The van der Waals surface area contributed by atoms with E-state index in [1.165, 1.54) is 0 Å². The molecule has 1 aromatic carbocycles. The molecule has 0 amide bonds. The molecule has 0 N–H and O–H groups in total. The van der Waals surface area contributed by atoms with Crippen molar-refractivity contribution < 1.29 is 4.79 Å².